The maximum atomic E-state index is 13.1. The number of pyridine rings is 1. The van der Waals surface area contributed by atoms with E-state index in [0.29, 0.717) is 35.5 Å². The molecule has 0 saturated carbocycles. The van der Waals surface area contributed by atoms with Crippen LogP contribution in [0.5, 0.6) is 0 Å². The number of aromatic nitrogens is 1. The lowest BCUT2D eigenvalue weighted by molar-refractivity contribution is -0.141. The van der Waals surface area contributed by atoms with Gasteiger partial charge in [0.2, 0.25) is 17.7 Å². The fraction of sp³-hybridized carbons (Fsp3) is 0.345. The Balaban J connectivity index is 1.52. The van der Waals surface area contributed by atoms with E-state index >= 15 is 0 Å². The summed E-state index contributed by atoms with van der Waals surface area (Å²) in [5, 5.41) is 15.1. The number of hydrogen-bond acceptors (Lipinski definition) is 5. The molecule has 1 atom stereocenters. The zero-order chi connectivity index (χ0) is 27.0. The molecule has 1 unspecified atom stereocenters. The van der Waals surface area contributed by atoms with E-state index in [1.54, 1.807) is 40.0 Å². The summed E-state index contributed by atoms with van der Waals surface area (Å²) in [5.74, 6) is -0.00493. The van der Waals surface area contributed by atoms with Crippen LogP contribution in [0.15, 0.2) is 60.3 Å². The third-order valence-electron chi connectivity index (χ3n) is 6.98. The average Bonchev–Trinajstić information content (AvgIpc) is 3.37. The minimum atomic E-state index is -0.706. The van der Waals surface area contributed by atoms with Crippen molar-refractivity contribution in [3.8, 4) is 6.07 Å². The summed E-state index contributed by atoms with van der Waals surface area (Å²) in [6, 6.07) is 11.5. The van der Waals surface area contributed by atoms with Crippen LogP contribution in [0.3, 0.4) is 0 Å². The zero-order valence-electron chi connectivity index (χ0n) is 21.6. The minimum Gasteiger partial charge on any atom is -0.329 e. The lowest BCUT2D eigenvalue weighted by Crippen LogP contribution is -2.44. The molecule has 2 aromatic rings. The van der Waals surface area contributed by atoms with Gasteiger partial charge in [-0.2, -0.15) is 5.26 Å². The Bertz CT molecular complexity index is 1380. The van der Waals surface area contributed by atoms with E-state index in [2.05, 4.69) is 28.3 Å². The molecule has 0 fully saturated rings. The SMILES string of the molecule is C=C/C(CN(CC(=O)Nc1ccc2c(c1)CC1(C2)C(=O)Nc2ncccc21)C(=O)C(C)(C)C)=C(\C)C#N. The molecular weight excluding hydrogens is 466 g/mol. The van der Waals surface area contributed by atoms with Crippen LogP contribution >= 0.6 is 0 Å². The second-order valence-corrected chi connectivity index (χ2v) is 10.7. The Morgan fingerprint density at radius 1 is 1.24 bits per heavy atom. The highest BCUT2D eigenvalue weighted by Crippen LogP contribution is 2.46. The standard InChI is InChI=1S/C29H31N5O3/c1-6-19(18(2)15-30)16-34(27(37)28(3,4)5)17-24(35)32-22-10-9-20-13-29(14-21(20)12-22)23-8-7-11-31-25(23)33-26(29)36/h6-12H,1,13-14,16-17H2,2-5H3,(H,32,35)(H,31,33,36)/b19-18-. The summed E-state index contributed by atoms with van der Waals surface area (Å²) in [6.07, 6.45) is 4.30. The Morgan fingerprint density at radius 3 is 2.65 bits per heavy atom. The van der Waals surface area contributed by atoms with Gasteiger partial charge in [-0.05, 0) is 54.7 Å². The third kappa shape index (κ3) is 4.90. The van der Waals surface area contributed by atoms with Crippen molar-refractivity contribution >= 4 is 29.2 Å². The first kappa shape index (κ1) is 25.8. The molecule has 0 radical (unpaired) electrons. The van der Waals surface area contributed by atoms with Crippen molar-refractivity contribution in [2.45, 2.75) is 46.0 Å². The quantitative estimate of drug-likeness (QED) is 0.464. The van der Waals surface area contributed by atoms with Crippen molar-refractivity contribution in [1.82, 2.24) is 9.88 Å². The molecule has 4 rings (SSSR count). The average molecular weight is 498 g/mol. The molecule has 8 heteroatoms. The molecule has 2 N–H and O–H groups in total. The Kier molecular flexibility index (Phi) is 6.74. The van der Waals surface area contributed by atoms with E-state index in [1.165, 1.54) is 4.90 Å². The highest BCUT2D eigenvalue weighted by Gasteiger charge is 2.51. The van der Waals surface area contributed by atoms with Gasteiger partial charge in [0, 0.05) is 35.0 Å². The maximum Gasteiger partial charge on any atom is 0.244 e. The number of anilines is 2. The number of nitrogens with one attached hydrogen (secondary N) is 2. The third-order valence-corrected chi connectivity index (χ3v) is 6.98. The number of amides is 3. The van der Waals surface area contributed by atoms with Crippen LogP contribution in [0, 0.1) is 16.7 Å². The summed E-state index contributed by atoms with van der Waals surface area (Å²) in [7, 11) is 0. The molecule has 0 saturated heterocycles. The van der Waals surface area contributed by atoms with Gasteiger partial charge in [0.15, 0.2) is 0 Å². The van der Waals surface area contributed by atoms with Gasteiger partial charge in [-0.25, -0.2) is 4.98 Å². The first-order chi connectivity index (χ1) is 17.5. The summed E-state index contributed by atoms with van der Waals surface area (Å²) in [5.41, 5.74) is 3.20. The van der Waals surface area contributed by atoms with Crippen LogP contribution in [-0.4, -0.2) is 40.7 Å². The van der Waals surface area contributed by atoms with Gasteiger partial charge in [0.05, 0.1) is 11.5 Å². The number of rotatable bonds is 6. The molecule has 1 aliphatic carbocycles. The molecule has 190 valence electrons. The van der Waals surface area contributed by atoms with E-state index < -0.39 is 10.8 Å². The predicted octanol–water partition coefficient (Wildman–Crippen LogP) is 3.91. The van der Waals surface area contributed by atoms with E-state index in [4.69, 9.17) is 0 Å². The molecule has 3 amide bonds. The van der Waals surface area contributed by atoms with Crippen LogP contribution in [-0.2, 0) is 32.6 Å². The predicted molar refractivity (Wildman–Crippen MR) is 142 cm³/mol. The first-order valence-electron chi connectivity index (χ1n) is 12.2. The highest BCUT2D eigenvalue weighted by molar-refractivity contribution is 6.06. The van der Waals surface area contributed by atoms with E-state index in [9.17, 15) is 19.6 Å². The highest BCUT2D eigenvalue weighted by atomic mass is 16.2. The monoisotopic (exact) mass is 497 g/mol. The van der Waals surface area contributed by atoms with Gasteiger partial charge in [-0.3, -0.25) is 14.4 Å². The van der Waals surface area contributed by atoms with Gasteiger partial charge in [-0.15, -0.1) is 0 Å². The van der Waals surface area contributed by atoms with Crippen molar-refractivity contribution in [2.75, 3.05) is 23.7 Å². The molecule has 1 aromatic carbocycles. The van der Waals surface area contributed by atoms with Gasteiger partial charge in [0.1, 0.15) is 12.4 Å². The maximum absolute atomic E-state index is 13.1. The smallest absolute Gasteiger partial charge is 0.244 e. The first-order valence-corrected chi connectivity index (χ1v) is 12.2. The fourth-order valence-corrected chi connectivity index (χ4v) is 5.01. The van der Waals surface area contributed by atoms with E-state index in [1.807, 2.05) is 30.3 Å². The molecule has 1 spiro atoms. The zero-order valence-corrected chi connectivity index (χ0v) is 21.6. The lowest BCUT2D eigenvalue weighted by atomic mass is 9.79. The van der Waals surface area contributed by atoms with Crippen LogP contribution in [0.4, 0.5) is 11.5 Å². The second-order valence-electron chi connectivity index (χ2n) is 10.7. The van der Waals surface area contributed by atoms with Crippen LogP contribution in [0.1, 0.15) is 44.4 Å². The number of nitriles is 1. The van der Waals surface area contributed by atoms with Crippen LogP contribution in [0.25, 0.3) is 0 Å². The number of carbonyl (C=O) groups is 3. The summed E-state index contributed by atoms with van der Waals surface area (Å²) >= 11 is 0. The van der Waals surface area contributed by atoms with Gasteiger partial charge < -0.3 is 15.5 Å². The molecule has 1 aromatic heterocycles. The Labute approximate surface area is 217 Å². The number of fused-ring (bicyclic) bond motifs is 3. The minimum absolute atomic E-state index is 0.0574. The van der Waals surface area contributed by atoms with Crippen LogP contribution < -0.4 is 10.6 Å². The van der Waals surface area contributed by atoms with E-state index in [0.717, 1.165) is 16.7 Å². The molecule has 37 heavy (non-hydrogen) atoms. The molecule has 8 nitrogen and oxygen atoms in total. The lowest BCUT2D eigenvalue weighted by Gasteiger charge is -2.29. The van der Waals surface area contributed by atoms with Crippen molar-refractivity contribution in [3.05, 3.63) is 77.0 Å². The molecule has 0 bridgehead atoms. The van der Waals surface area contributed by atoms with Crippen molar-refractivity contribution in [2.24, 2.45) is 5.41 Å². The number of allylic oxidation sites excluding steroid dienone is 1. The largest absolute Gasteiger partial charge is 0.329 e. The van der Waals surface area contributed by atoms with Crippen LogP contribution in [0.2, 0.25) is 0 Å². The number of carbonyl (C=O) groups excluding carboxylic acids is 3. The number of nitrogens with zero attached hydrogens (tertiary/aromatic N) is 3. The molecule has 2 heterocycles. The molecule has 2 aliphatic rings. The fourth-order valence-electron chi connectivity index (χ4n) is 5.01. The number of hydrogen-bond donors (Lipinski definition) is 2. The Hall–Kier alpha value is -4.25. The van der Waals surface area contributed by atoms with Gasteiger partial charge in [0.25, 0.3) is 0 Å². The van der Waals surface area contributed by atoms with Gasteiger partial charge in [-0.1, -0.05) is 45.6 Å². The topological polar surface area (TPSA) is 115 Å². The van der Waals surface area contributed by atoms with Gasteiger partial charge >= 0.3 is 0 Å². The van der Waals surface area contributed by atoms with Crippen molar-refractivity contribution < 1.29 is 14.4 Å². The second kappa shape index (κ2) is 9.66. The summed E-state index contributed by atoms with van der Waals surface area (Å²) in [6.45, 7) is 10.7. The molecule has 1 aliphatic heterocycles. The summed E-state index contributed by atoms with van der Waals surface area (Å²) < 4.78 is 0. The van der Waals surface area contributed by atoms with Crippen molar-refractivity contribution in [3.63, 3.8) is 0 Å². The molecular formula is C29H31N5O3. The Morgan fingerprint density at radius 2 is 1.97 bits per heavy atom. The van der Waals surface area contributed by atoms with E-state index in [-0.39, 0.29) is 30.8 Å². The summed E-state index contributed by atoms with van der Waals surface area (Å²) in [4.78, 5) is 44.8. The van der Waals surface area contributed by atoms with Crippen molar-refractivity contribution in [1.29, 1.82) is 5.26 Å². The number of benzene rings is 1. The normalized spacial score (nSPS) is 18.3.